The Bertz CT molecular complexity index is 591. The first-order valence-electron chi connectivity index (χ1n) is 6.36. The van der Waals surface area contributed by atoms with E-state index in [1.165, 1.54) is 0 Å². The molecule has 0 heterocycles. The lowest BCUT2D eigenvalue weighted by Gasteiger charge is -2.36. The summed E-state index contributed by atoms with van der Waals surface area (Å²) in [6.45, 7) is 7.16. The van der Waals surface area contributed by atoms with Crippen molar-refractivity contribution in [1.82, 2.24) is 0 Å². The van der Waals surface area contributed by atoms with E-state index in [1.807, 2.05) is 0 Å². The fourth-order valence-electron chi connectivity index (χ4n) is 1.57. The molecule has 0 aromatic rings. The Hall–Kier alpha value is -0.860. The van der Waals surface area contributed by atoms with Gasteiger partial charge in [0.2, 0.25) is 0 Å². The molecular formula is C11H19O11P3. The van der Waals surface area contributed by atoms with Gasteiger partial charge in [0.05, 0.1) is 19.8 Å². The number of carboxylic acids is 1. The van der Waals surface area contributed by atoms with Gasteiger partial charge in [-0.05, 0) is 0 Å². The molecule has 0 spiro atoms. The normalized spacial score (nSPS) is 20.9. The van der Waals surface area contributed by atoms with Crippen molar-refractivity contribution in [3.63, 3.8) is 0 Å². The minimum atomic E-state index is -5.85. The smallest absolute Gasteiger partial charge is 0.370 e. The molecule has 14 heteroatoms. The molecule has 0 aromatic carbocycles. The molecule has 0 aliphatic carbocycles. The number of hydrogen-bond donors (Lipinski definition) is 4. The number of rotatable bonds is 13. The fraction of sp³-hybridized carbons (Fsp3) is 0.364. The van der Waals surface area contributed by atoms with Crippen LogP contribution in [-0.4, -0.2) is 50.2 Å². The van der Waals surface area contributed by atoms with Crippen molar-refractivity contribution in [2.24, 2.45) is 0 Å². The van der Waals surface area contributed by atoms with E-state index in [0.717, 1.165) is 18.2 Å². The van der Waals surface area contributed by atoms with Gasteiger partial charge in [0.15, 0.2) is 0 Å². The van der Waals surface area contributed by atoms with Gasteiger partial charge in [0, 0.05) is 0 Å². The van der Waals surface area contributed by atoms with E-state index in [2.05, 4.69) is 33.3 Å². The molecule has 0 bridgehead atoms. The van der Waals surface area contributed by atoms with Gasteiger partial charge in [-0.2, -0.15) is 0 Å². The first kappa shape index (κ1) is 24.1. The Labute approximate surface area is 143 Å². The molecule has 0 rings (SSSR count). The van der Waals surface area contributed by atoms with Gasteiger partial charge in [-0.15, -0.1) is 19.7 Å². The highest BCUT2D eigenvalue weighted by Gasteiger charge is 2.80. The van der Waals surface area contributed by atoms with Crippen molar-refractivity contribution in [3.05, 3.63) is 38.0 Å². The molecule has 0 amide bonds. The second kappa shape index (κ2) is 9.19. The van der Waals surface area contributed by atoms with Crippen LogP contribution in [0.2, 0.25) is 0 Å². The Morgan fingerprint density at radius 2 is 1.04 bits per heavy atom. The van der Waals surface area contributed by atoms with Crippen molar-refractivity contribution < 1.29 is 51.8 Å². The zero-order chi connectivity index (χ0) is 19.9. The van der Waals surface area contributed by atoms with Crippen molar-refractivity contribution in [1.29, 1.82) is 0 Å². The summed E-state index contributed by atoms with van der Waals surface area (Å²) < 4.78 is 46.4. The van der Waals surface area contributed by atoms with E-state index in [4.69, 9.17) is 0 Å². The van der Waals surface area contributed by atoms with Crippen molar-refractivity contribution in [2.75, 3.05) is 19.8 Å². The third kappa shape index (κ3) is 4.65. The fourth-order valence-corrected chi connectivity index (χ4v) is 8.63. The Morgan fingerprint density at radius 1 is 0.800 bits per heavy atom. The summed E-state index contributed by atoms with van der Waals surface area (Å²) in [5.74, 6) is -2.60. The number of carbonyl (C=O) groups is 1. The molecule has 144 valence electrons. The van der Waals surface area contributed by atoms with Crippen molar-refractivity contribution in [2.45, 2.75) is 4.64 Å². The van der Waals surface area contributed by atoms with Gasteiger partial charge in [-0.3, -0.25) is 13.7 Å². The van der Waals surface area contributed by atoms with Gasteiger partial charge < -0.3 is 33.4 Å². The lowest BCUT2D eigenvalue weighted by Crippen LogP contribution is -2.40. The lowest BCUT2D eigenvalue weighted by atomic mass is 10.7. The van der Waals surface area contributed by atoms with Crippen LogP contribution in [0.15, 0.2) is 38.0 Å². The predicted octanol–water partition coefficient (Wildman–Crippen LogP) is 1.89. The third-order valence-corrected chi connectivity index (χ3v) is 11.6. The average Bonchev–Trinajstić information content (AvgIpc) is 2.48. The molecule has 0 saturated heterocycles. The molecule has 0 saturated carbocycles. The van der Waals surface area contributed by atoms with Crippen LogP contribution in [0.1, 0.15) is 0 Å². The van der Waals surface area contributed by atoms with E-state index in [-0.39, 0.29) is 0 Å². The molecule has 4 N–H and O–H groups in total. The number of aliphatic carboxylic acids is 1. The molecule has 0 aliphatic rings. The number of hydrogen-bond acceptors (Lipinski definition) is 7. The predicted molar refractivity (Wildman–Crippen MR) is 88.3 cm³/mol. The number of carboxylic acid groups (broad SMARTS) is 1. The summed E-state index contributed by atoms with van der Waals surface area (Å²) >= 11 is 0. The van der Waals surface area contributed by atoms with Gasteiger partial charge in [0.25, 0.3) is 0 Å². The van der Waals surface area contributed by atoms with Crippen LogP contribution in [0.25, 0.3) is 0 Å². The van der Waals surface area contributed by atoms with Gasteiger partial charge >= 0.3 is 33.4 Å². The first-order valence-corrected chi connectivity index (χ1v) is 11.1. The van der Waals surface area contributed by atoms with Crippen LogP contribution in [0.4, 0.5) is 0 Å². The maximum absolute atomic E-state index is 12.5. The Kier molecular flexibility index (Phi) is 8.87. The molecule has 25 heavy (non-hydrogen) atoms. The van der Waals surface area contributed by atoms with E-state index in [0.29, 0.717) is 0 Å². The summed E-state index contributed by atoms with van der Waals surface area (Å²) in [5, 5.41) is 9.41. The van der Waals surface area contributed by atoms with E-state index >= 15 is 0 Å². The van der Waals surface area contributed by atoms with Crippen LogP contribution in [0, 0.1) is 0 Å². The van der Waals surface area contributed by atoms with Crippen molar-refractivity contribution >= 4 is 28.8 Å². The molecule has 3 atom stereocenters. The highest BCUT2D eigenvalue weighted by atomic mass is 31.3. The minimum absolute atomic E-state index is 0.772. The topological polar surface area (TPSA) is 177 Å². The van der Waals surface area contributed by atoms with Crippen LogP contribution >= 0.6 is 22.8 Å². The minimum Gasteiger partial charge on any atom is -0.479 e. The molecule has 11 nitrogen and oxygen atoms in total. The first-order chi connectivity index (χ1) is 11.4. The summed E-state index contributed by atoms with van der Waals surface area (Å²) in [4.78, 5) is 41.8. The quantitative estimate of drug-likeness (QED) is 0.253. The second-order valence-corrected chi connectivity index (χ2v) is 11.2. The summed E-state index contributed by atoms with van der Waals surface area (Å²) in [6, 6.07) is 0. The Balaban J connectivity index is 6.75. The van der Waals surface area contributed by atoms with E-state index in [1.54, 1.807) is 0 Å². The zero-order valence-corrected chi connectivity index (χ0v) is 15.6. The Morgan fingerprint density at radius 3 is 1.20 bits per heavy atom. The lowest BCUT2D eigenvalue weighted by molar-refractivity contribution is -0.137. The summed E-state index contributed by atoms with van der Waals surface area (Å²) in [6.07, 6.45) is 2.74. The van der Waals surface area contributed by atoms with Gasteiger partial charge in [-0.1, -0.05) is 18.2 Å². The zero-order valence-electron chi connectivity index (χ0n) is 13.0. The van der Waals surface area contributed by atoms with Crippen LogP contribution in [-0.2, 0) is 32.1 Å². The molecular weight excluding hydrogens is 401 g/mol. The largest absolute Gasteiger partial charge is 0.479 e. The van der Waals surface area contributed by atoms with Crippen molar-refractivity contribution in [3.8, 4) is 0 Å². The average molecular weight is 420 g/mol. The van der Waals surface area contributed by atoms with Crippen LogP contribution in [0.3, 0.4) is 0 Å². The summed E-state index contributed by atoms with van der Waals surface area (Å²) in [5.41, 5.74) is 0. The highest BCUT2D eigenvalue weighted by molar-refractivity contribution is 7.91. The van der Waals surface area contributed by atoms with Gasteiger partial charge in [0.1, 0.15) is 0 Å². The SMILES string of the molecule is C=CCOP(=O)(O)C(C(=O)O)(P(=O)(O)OCC=C)P(=O)(O)OCC=C. The molecule has 3 unspecified atom stereocenters. The van der Waals surface area contributed by atoms with Crippen LogP contribution in [0.5, 0.6) is 0 Å². The molecule has 0 aliphatic heterocycles. The van der Waals surface area contributed by atoms with E-state index < -0.39 is 53.2 Å². The van der Waals surface area contributed by atoms with Gasteiger partial charge in [-0.25, -0.2) is 4.79 Å². The molecule has 0 radical (unpaired) electrons. The maximum Gasteiger partial charge on any atom is 0.370 e. The third-order valence-electron chi connectivity index (χ3n) is 2.57. The molecule has 0 fully saturated rings. The standard InChI is InChI=1S/C11H19O11P3/c1-4-7-20-23(14,15)11(10(12)13,24(16,17)21-8-5-2)25(18,19)22-9-6-3/h4-6H,1-3,7-9H2,(H,12,13)(H,14,15)(H,16,17)(H,18,19). The summed E-state index contributed by atoms with van der Waals surface area (Å²) in [7, 11) is -17.5. The van der Waals surface area contributed by atoms with E-state index in [9.17, 15) is 38.3 Å². The molecule has 0 aromatic heterocycles. The maximum atomic E-state index is 12.5. The second-order valence-electron chi connectivity index (χ2n) is 4.26. The van der Waals surface area contributed by atoms with Crippen LogP contribution < -0.4 is 0 Å². The monoisotopic (exact) mass is 420 g/mol. The highest BCUT2D eigenvalue weighted by Crippen LogP contribution is 2.87.